The van der Waals surface area contributed by atoms with Crippen LogP contribution in [0.1, 0.15) is 76.7 Å². The average molecular weight is 404 g/mol. The zero-order chi connectivity index (χ0) is 17.7. The highest BCUT2D eigenvalue weighted by molar-refractivity contribution is 9.10. The number of hydrogen-bond donors (Lipinski definition) is 1. The van der Waals surface area contributed by atoms with Crippen LogP contribution in [0.5, 0.6) is 0 Å². The summed E-state index contributed by atoms with van der Waals surface area (Å²) in [5.74, 6) is 2.45. The van der Waals surface area contributed by atoms with Gasteiger partial charge in [0.2, 0.25) is 5.91 Å². The molecule has 2 nitrogen and oxygen atoms in total. The number of nitrogens with one attached hydrogen (secondary N) is 1. The van der Waals surface area contributed by atoms with Crippen LogP contribution in [0.3, 0.4) is 0 Å². The number of benzene rings is 1. The number of alkyl halides is 1. The summed E-state index contributed by atoms with van der Waals surface area (Å²) < 4.78 is 0.329. The lowest BCUT2D eigenvalue weighted by Crippen LogP contribution is -2.53. The maximum atomic E-state index is 12.7. The predicted octanol–water partition coefficient (Wildman–Crippen LogP) is 6.26. The third-order valence-corrected chi connectivity index (χ3v) is 7.95. The summed E-state index contributed by atoms with van der Waals surface area (Å²) in [4.78, 5) is 12.7. The van der Waals surface area contributed by atoms with Crippen molar-refractivity contribution in [3.05, 3.63) is 29.8 Å². The van der Waals surface area contributed by atoms with E-state index in [4.69, 9.17) is 0 Å². The van der Waals surface area contributed by atoms with E-state index in [-0.39, 0.29) is 11.3 Å². The van der Waals surface area contributed by atoms with Crippen LogP contribution in [0.2, 0.25) is 0 Å². The van der Waals surface area contributed by atoms with E-state index < -0.39 is 0 Å². The van der Waals surface area contributed by atoms with Crippen LogP contribution in [-0.4, -0.2) is 10.2 Å². The molecule has 4 fully saturated rings. The molecule has 2 unspecified atom stereocenters. The zero-order valence-electron chi connectivity index (χ0n) is 15.5. The van der Waals surface area contributed by atoms with E-state index in [9.17, 15) is 4.79 Å². The van der Waals surface area contributed by atoms with Gasteiger partial charge in [0, 0.05) is 16.4 Å². The SMILES string of the molecule is CC[C@@H](C)c1ccc(NC(=O)CC23C[C@@H]4C[C@@H](CC(Br)(C4)C2)C3)cc1. The quantitative estimate of drug-likeness (QED) is 0.577. The molecule has 4 bridgehead atoms. The van der Waals surface area contributed by atoms with Crippen molar-refractivity contribution in [3.8, 4) is 0 Å². The lowest BCUT2D eigenvalue weighted by Gasteiger charge is -2.60. The van der Waals surface area contributed by atoms with Gasteiger partial charge in [0.25, 0.3) is 0 Å². The molecule has 1 aromatic rings. The molecule has 0 aliphatic heterocycles. The number of carbonyl (C=O) groups excluding carboxylic acids is 1. The second-order valence-electron chi connectivity index (χ2n) is 9.27. The van der Waals surface area contributed by atoms with Crippen LogP contribution in [0.15, 0.2) is 24.3 Å². The molecule has 0 saturated heterocycles. The Bertz CT molecular complexity index is 638. The van der Waals surface area contributed by atoms with Gasteiger partial charge in [-0.05, 0) is 85.8 Å². The Balaban J connectivity index is 1.41. The van der Waals surface area contributed by atoms with Gasteiger partial charge in [-0.25, -0.2) is 0 Å². The number of carbonyl (C=O) groups is 1. The summed E-state index contributed by atoms with van der Waals surface area (Å²) in [5.41, 5.74) is 2.53. The second kappa shape index (κ2) is 6.40. The fourth-order valence-electron chi connectivity index (χ4n) is 6.22. The van der Waals surface area contributed by atoms with E-state index in [1.54, 1.807) is 0 Å². The van der Waals surface area contributed by atoms with Crippen molar-refractivity contribution < 1.29 is 4.79 Å². The van der Waals surface area contributed by atoms with Gasteiger partial charge in [0.05, 0.1) is 0 Å². The maximum Gasteiger partial charge on any atom is 0.224 e. The highest BCUT2D eigenvalue weighted by atomic mass is 79.9. The highest BCUT2D eigenvalue weighted by Gasteiger charge is 2.57. The number of halogens is 1. The van der Waals surface area contributed by atoms with Crippen molar-refractivity contribution in [1.29, 1.82) is 0 Å². The van der Waals surface area contributed by atoms with Gasteiger partial charge in [-0.3, -0.25) is 4.79 Å². The molecule has 1 aromatic carbocycles. The first-order valence-electron chi connectivity index (χ1n) is 9.97. The van der Waals surface area contributed by atoms with Gasteiger partial charge in [0.15, 0.2) is 0 Å². The number of rotatable bonds is 5. The monoisotopic (exact) mass is 403 g/mol. The van der Waals surface area contributed by atoms with E-state index in [2.05, 4.69) is 59.4 Å². The Hall–Kier alpha value is -0.830. The molecule has 25 heavy (non-hydrogen) atoms. The first-order valence-corrected chi connectivity index (χ1v) is 10.8. The van der Waals surface area contributed by atoms with Crippen molar-refractivity contribution in [3.63, 3.8) is 0 Å². The van der Waals surface area contributed by atoms with Gasteiger partial charge < -0.3 is 5.32 Å². The molecular weight excluding hydrogens is 374 g/mol. The summed E-state index contributed by atoms with van der Waals surface area (Å²) in [7, 11) is 0. The molecule has 0 spiro atoms. The molecule has 0 radical (unpaired) electrons. The summed E-state index contributed by atoms with van der Waals surface area (Å²) in [6.07, 6.45) is 9.59. The molecule has 136 valence electrons. The molecule has 4 saturated carbocycles. The molecule has 0 heterocycles. The number of hydrogen-bond acceptors (Lipinski definition) is 1. The maximum absolute atomic E-state index is 12.7. The Morgan fingerprint density at radius 1 is 1.20 bits per heavy atom. The van der Waals surface area contributed by atoms with Crippen LogP contribution in [0, 0.1) is 17.3 Å². The lowest BCUT2D eigenvalue weighted by molar-refractivity contribution is -0.123. The van der Waals surface area contributed by atoms with Crippen molar-refractivity contribution in [2.45, 2.75) is 75.5 Å². The van der Waals surface area contributed by atoms with Crippen LogP contribution in [-0.2, 0) is 4.79 Å². The summed E-state index contributed by atoms with van der Waals surface area (Å²) in [5, 5.41) is 3.16. The average Bonchev–Trinajstić information content (AvgIpc) is 2.51. The van der Waals surface area contributed by atoms with Crippen LogP contribution < -0.4 is 5.32 Å². The Morgan fingerprint density at radius 2 is 1.84 bits per heavy atom. The third-order valence-electron chi connectivity index (χ3n) is 7.02. The molecular formula is C22H30BrNO. The molecule has 5 rings (SSSR count). The van der Waals surface area contributed by atoms with Gasteiger partial charge in [-0.1, -0.05) is 41.9 Å². The number of anilines is 1. The largest absolute Gasteiger partial charge is 0.326 e. The fraction of sp³-hybridized carbons (Fsp3) is 0.682. The minimum absolute atomic E-state index is 0.203. The van der Waals surface area contributed by atoms with E-state index in [0.29, 0.717) is 16.7 Å². The summed E-state index contributed by atoms with van der Waals surface area (Å²) >= 11 is 4.05. The predicted molar refractivity (Wildman–Crippen MR) is 107 cm³/mol. The molecule has 4 aliphatic carbocycles. The van der Waals surface area contributed by atoms with Crippen molar-refractivity contribution in [1.82, 2.24) is 0 Å². The van der Waals surface area contributed by atoms with E-state index in [1.807, 2.05) is 0 Å². The second-order valence-corrected chi connectivity index (χ2v) is 11.0. The first kappa shape index (κ1) is 17.6. The standard InChI is InChI=1S/C22H30BrNO/c1-3-15(2)18-4-6-19(7-5-18)24-20(25)13-21-9-16-8-17(10-21)12-22(23,11-16)14-21/h4-7,15-17H,3,8-14H2,1-2H3,(H,24,25)/t15-,16-,17+,21?,22?/m1/s1. The van der Waals surface area contributed by atoms with E-state index >= 15 is 0 Å². The van der Waals surface area contributed by atoms with Gasteiger partial charge in [-0.15, -0.1) is 0 Å². The van der Waals surface area contributed by atoms with Crippen molar-refractivity contribution >= 4 is 27.5 Å². The van der Waals surface area contributed by atoms with Crippen molar-refractivity contribution in [2.75, 3.05) is 5.32 Å². The first-order chi connectivity index (χ1) is 11.9. The molecule has 5 atom stereocenters. The Labute approximate surface area is 160 Å². The topological polar surface area (TPSA) is 29.1 Å². The number of amides is 1. The smallest absolute Gasteiger partial charge is 0.224 e. The van der Waals surface area contributed by atoms with Crippen molar-refractivity contribution in [2.24, 2.45) is 17.3 Å². The Morgan fingerprint density at radius 3 is 2.40 bits per heavy atom. The van der Waals surface area contributed by atoms with E-state index in [1.165, 1.54) is 44.1 Å². The molecule has 3 heteroatoms. The molecule has 1 amide bonds. The van der Waals surface area contributed by atoms with Gasteiger partial charge >= 0.3 is 0 Å². The van der Waals surface area contributed by atoms with Crippen LogP contribution >= 0.6 is 15.9 Å². The third kappa shape index (κ3) is 3.54. The molecule has 0 aromatic heterocycles. The minimum Gasteiger partial charge on any atom is -0.326 e. The normalized spacial score (nSPS) is 37.1. The highest BCUT2D eigenvalue weighted by Crippen LogP contribution is 2.65. The molecule has 4 aliphatic rings. The summed E-state index contributed by atoms with van der Waals surface area (Å²) in [6, 6.07) is 8.43. The van der Waals surface area contributed by atoms with Gasteiger partial charge in [0.1, 0.15) is 0 Å². The fourth-order valence-corrected chi connectivity index (χ4v) is 7.73. The zero-order valence-corrected chi connectivity index (χ0v) is 17.1. The van der Waals surface area contributed by atoms with E-state index in [0.717, 1.165) is 23.9 Å². The van der Waals surface area contributed by atoms with Crippen LogP contribution in [0.4, 0.5) is 5.69 Å². The van der Waals surface area contributed by atoms with Crippen LogP contribution in [0.25, 0.3) is 0 Å². The Kier molecular flexibility index (Phi) is 4.50. The summed E-state index contributed by atoms with van der Waals surface area (Å²) in [6.45, 7) is 4.46. The van der Waals surface area contributed by atoms with Gasteiger partial charge in [-0.2, -0.15) is 0 Å². The lowest BCUT2D eigenvalue weighted by atomic mass is 9.48. The molecule has 1 N–H and O–H groups in total. The minimum atomic E-state index is 0.203.